The number of aromatic nitrogens is 2. The molecule has 0 radical (unpaired) electrons. The Morgan fingerprint density at radius 1 is 1.38 bits per heavy atom. The number of anilines is 1. The average molecular weight is 285 g/mol. The fourth-order valence-electron chi connectivity index (χ4n) is 3.08. The SMILES string of the molecule is CCc1cc(CC(O)c2cccc3c2NCC3)n(CC)n1. The van der Waals surface area contributed by atoms with Gasteiger partial charge in [-0.2, -0.15) is 5.10 Å². The minimum atomic E-state index is -0.489. The van der Waals surface area contributed by atoms with Crippen LogP contribution >= 0.6 is 0 Å². The van der Waals surface area contributed by atoms with E-state index in [9.17, 15) is 5.11 Å². The van der Waals surface area contributed by atoms with Crippen molar-refractivity contribution in [2.75, 3.05) is 11.9 Å². The van der Waals surface area contributed by atoms with Gasteiger partial charge in [0.2, 0.25) is 0 Å². The fraction of sp³-hybridized carbons (Fsp3) is 0.471. The van der Waals surface area contributed by atoms with E-state index < -0.39 is 6.10 Å². The Kier molecular flexibility index (Phi) is 3.97. The maximum Gasteiger partial charge on any atom is 0.0865 e. The van der Waals surface area contributed by atoms with Crippen LogP contribution in [0.4, 0.5) is 5.69 Å². The minimum Gasteiger partial charge on any atom is -0.388 e. The van der Waals surface area contributed by atoms with E-state index in [0.29, 0.717) is 6.42 Å². The molecule has 2 aromatic rings. The van der Waals surface area contributed by atoms with Crippen LogP contribution < -0.4 is 5.32 Å². The quantitative estimate of drug-likeness (QED) is 0.888. The summed E-state index contributed by atoms with van der Waals surface area (Å²) in [5.41, 5.74) is 5.65. The highest BCUT2D eigenvalue weighted by Crippen LogP contribution is 2.32. The third-order valence-corrected chi connectivity index (χ3v) is 4.22. The van der Waals surface area contributed by atoms with Gasteiger partial charge in [0, 0.05) is 36.5 Å². The number of fused-ring (bicyclic) bond motifs is 1. The lowest BCUT2D eigenvalue weighted by atomic mass is 10.00. The van der Waals surface area contributed by atoms with Crippen molar-refractivity contribution in [2.24, 2.45) is 0 Å². The summed E-state index contributed by atoms with van der Waals surface area (Å²) in [6, 6.07) is 8.31. The third-order valence-electron chi connectivity index (χ3n) is 4.22. The average Bonchev–Trinajstić information content (AvgIpc) is 3.12. The molecule has 2 N–H and O–H groups in total. The van der Waals surface area contributed by atoms with Crippen molar-refractivity contribution in [3.05, 3.63) is 46.8 Å². The van der Waals surface area contributed by atoms with Gasteiger partial charge in [-0.25, -0.2) is 0 Å². The first-order valence-corrected chi connectivity index (χ1v) is 7.82. The minimum absolute atomic E-state index is 0.489. The van der Waals surface area contributed by atoms with Gasteiger partial charge in [-0.15, -0.1) is 0 Å². The molecule has 2 heterocycles. The monoisotopic (exact) mass is 285 g/mol. The zero-order chi connectivity index (χ0) is 14.8. The van der Waals surface area contributed by atoms with Crippen LogP contribution in [0.5, 0.6) is 0 Å². The molecule has 0 spiro atoms. The van der Waals surface area contributed by atoms with Crippen LogP contribution in [0.1, 0.15) is 42.5 Å². The molecule has 1 unspecified atom stereocenters. The van der Waals surface area contributed by atoms with Crippen LogP contribution in [0.25, 0.3) is 0 Å². The fourth-order valence-corrected chi connectivity index (χ4v) is 3.08. The van der Waals surface area contributed by atoms with E-state index in [1.54, 1.807) is 0 Å². The summed E-state index contributed by atoms with van der Waals surface area (Å²) in [7, 11) is 0. The normalized spacial score (nSPS) is 14.8. The third kappa shape index (κ3) is 2.68. The molecule has 0 aliphatic carbocycles. The first-order chi connectivity index (χ1) is 10.2. The molecule has 4 nitrogen and oxygen atoms in total. The summed E-state index contributed by atoms with van der Waals surface area (Å²) in [5, 5.41) is 18.6. The highest BCUT2D eigenvalue weighted by molar-refractivity contribution is 5.62. The number of nitrogens with zero attached hydrogens (tertiary/aromatic N) is 2. The number of aliphatic hydroxyl groups is 1. The molecule has 0 saturated heterocycles. The summed E-state index contributed by atoms with van der Waals surface area (Å²) in [5.74, 6) is 0. The molecule has 1 atom stereocenters. The predicted molar refractivity (Wildman–Crippen MR) is 84.6 cm³/mol. The topological polar surface area (TPSA) is 50.1 Å². The zero-order valence-electron chi connectivity index (χ0n) is 12.8. The molecule has 112 valence electrons. The van der Waals surface area contributed by atoms with E-state index in [0.717, 1.165) is 48.6 Å². The van der Waals surface area contributed by atoms with Crippen LogP contribution in [0, 0.1) is 0 Å². The number of aryl methyl sites for hydroxylation is 2. The van der Waals surface area contributed by atoms with Gasteiger partial charge in [0.15, 0.2) is 0 Å². The zero-order valence-corrected chi connectivity index (χ0v) is 12.8. The molecule has 1 aliphatic heterocycles. The summed E-state index contributed by atoms with van der Waals surface area (Å²) in [6.07, 6.45) is 2.09. The Bertz CT molecular complexity index is 633. The van der Waals surface area contributed by atoms with Gasteiger partial charge < -0.3 is 10.4 Å². The Morgan fingerprint density at radius 3 is 3.00 bits per heavy atom. The summed E-state index contributed by atoms with van der Waals surface area (Å²) in [6.45, 7) is 6.00. The van der Waals surface area contributed by atoms with Crippen LogP contribution in [0.2, 0.25) is 0 Å². The van der Waals surface area contributed by atoms with E-state index >= 15 is 0 Å². The van der Waals surface area contributed by atoms with E-state index in [4.69, 9.17) is 0 Å². The molecule has 3 rings (SSSR count). The molecule has 0 bridgehead atoms. The summed E-state index contributed by atoms with van der Waals surface area (Å²) < 4.78 is 2.00. The van der Waals surface area contributed by atoms with Gasteiger partial charge >= 0.3 is 0 Å². The van der Waals surface area contributed by atoms with Gasteiger partial charge in [0.1, 0.15) is 0 Å². The lowest BCUT2D eigenvalue weighted by molar-refractivity contribution is 0.176. The Morgan fingerprint density at radius 2 is 2.24 bits per heavy atom. The first-order valence-electron chi connectivity index (χ1n) is 7.82. The standard InChI is InChI=1S/C17H23N3O/c1-3-13-10-14(20(4-2)19-13)11-16(21)15-7-5-6-12-8-9-18-17(12)15/h5-7,10,16,18,21H,3-4,8-9,11H2,1-2H3. The number of hydrogen-bond donors (Lipinski definition) is 2. The number of benzene rings is 1. The molecule has 1 aromatic carbocycles. The molecule has 4 heteroatoms. The number of para-hydroxylation sites is 1. The van der Waals surface area contributed by atoms with E-state index in [2.05, 4.69) is 36.4 Å². The van der Waals surface area contributed by atoms with Crippen molar-refractivity contribution >= 4 is 5.69 Å². The van der Waals surface area contributed by atoms with E-state index in [-0.39, 0.29) is 0 Å². The lowest BCUT2D eigenvalue weighted by Crippen LogP contribution is -2.10. The summed E-state index contributed by atoms with van der Waals surface area (Å²) >= 11 is 0. The molecule has 1 aromatic heterocycles. The molecule has 0 fully saturated rings. The maximum atomic E-state index is 10.7. The Labute approximate surface area is 125 Å². The van der Waals surface area contributed by atoms with Gasteiger partial charge in [-0.1, -0.05) is 25.1 Å². The number of rotatable bonds is 5. The molecular formula is C17H23N3O. The van der Waals surface area contributed by atoms with Crippen molar-refractivity contribution in [3.8, 4) is 0 Å². The van der Waals surface area contributed by atoms with Gasteiger partial charge in [0.05, 0.1) is 11.8 Å². The van der Waals surface area contributed by atoms with Crippen molar-refractivity contribution in [2.45, 2.75) is 45.8 Å². The largest absolute Gasteiger partial charge is 0.388 e. The van der Waals surface area contributed by atoms with Gasteiger partial charge in [-0.3, -0.25) is 4.68 Å². The van der Waals surface area contributed by atoms with Crippen molar-refractivity contribution in [1.29, 1.82) is 0 Å². The van der Waals surface area contributed by atoms with E-state index in [1.807, 2.05) is 16.8 Å². The predicted octanol–water partition coefficient (Wildman–Crippen LogP) is 2.71. The Balaban J connectivity index is 1.85. The molecule has 21 heavy (non-hydrogen) atoms. The van der Waals surface area contributed by atoms with E-state index in [1.165, 1.54) is 5.56 Å². The number of hydrogen-bond acceptors (Lipinski definition) is 3. The van der Waals surface area contributed by atoms with Crippen LogP contribution in [-0.4, -0.2) is 21.4 Å². The van der Waals surface area contributed by atoms with Gasteiger partial charge in [0.25, 0.3) is 0 Å². The highest BCUT2D eigenvalue weighted by Gasteiger charge is 2.20. The number of nitrogens with one attached hydrogen (secondary N) is 1. The second kappa shape index (κ2) is 5.90. The molecular weight excluding hydrogens is 262 g/mol. The molecule has 0 saturated carbocycles. The smallest absolute Gasteiger partial charge is 0.0865 e. The van der Waals surface area contributed by atoms with Gasteiger partial charge in [-0.05, 0) is 31.4 Å². The summed E-state index contributed by atoms with van der Waals surface area (Å²) in [4.78, 5) is 0. The second-order valence-electron chi connectivity index (χ2n) is 5.57. The van der Waals surface area contributed by atoms with Crippen molar-refractivity contribution in [1.82, 2.24) is 9.78 Å². The molecule has 0 amide bonds. The highest BCUT2D eigenvalue weighted by atomic mass is 16.3. The number of aliphatic hydroxyl groups excluding tert-OH is 1. The Hall–Kier alpha value is -1.81. The lowest BCUT2D eigenvalue weighted by Gasteiger charge is -2.16. The van der Waals surface area contributed by atoms with Crippen molar-refractivity contribution < 1.29 is 5.11 Å². The first kappa shape index (κ1) is 14.1. The van der Waals surface area contributed by atoms with Crippen molar-refractivity contribution in [3.63, 3.8) is 0 Å². The van der Waals surface area contributed by atoms with Crippen LogP contribution in [0.15, 0.2) is 24.3 Å². The van der Waals surface area contributed by atoms with Crippen LogP contribution in [-0.2, 0) is 25.8 Å². The van der Waals surface area contributed by atoms with Crippen LogP contribution in [0.3, 0.4) is 0 Å². The maximum absolute atomic E-state index is 10.7. The molecule has 1 aliphatic rings. The second-order valence-corrected chi connectivity index (χ2v) is 5.57.